The second kappa shape index (κ2) is 34.5. The highest BCUT2D eigenvalue weighted by Crippen LogP contribution is 2.42. The highest BCUT2D eigenvalue weighted by molar-refractivity contribution is 6.34. The summed E-state index contributed by atoms with van der Waals surface area (Å²) in [5.41, 5.74) is 6.01. The van der Waals surface area contributed by atoms with Gasteiger partial charge < -0.3 is 72.3 Å². The quantitative estimate of drug-likeness (QED) is 0.0577. The van der Waals surface area contributed by atoms with Gasteiger partial charge in [-0.05, 0) is 131 Å². The smallest absolute Gasteiger partial charge is 0.308 e. The number of carbonyl (C=O) groups is 6. The van der Waals surface area contributed by atoms with Gasteiger partial charge in [0, 0.05) is 58.0 Å². The second-order valence-electron chi connectivity index (χ2n) is 24.8. The van der Waals surface area contributed by atoms with Crippen molar-refractivity contribution >= 4 is 115 Å². The summed E-state index contributed by atoms with van der Waals surface area (Å²) in [5.74, 6) is -1.18. The molecule has 112 heavy (non-hydrogen) atoms. The van der Waals surface area contributed by atoms with E-state index in [9.17, 15) is 73.8 Å². The number of halogens is 4. The van der Waals surface area contributed by atoms with Crippen LogP contribution in [0.5, 0.6) is 69.0 Å². The number of fused-ring (bicyclic) bond motifs is 5. The minimum Gasteiger partial charge on any atom is -0.508 e. The van der Waals surface area contributed by atoms with Crippen LogP contribution in [0.1, 0.15) is 76.9 Å². The van der Waals surface area contributed by atoms with Crippen molar-refractivity contribution in [2.75, 3.05) is 13.2 Å². The third kappa shape index (κ3) is 18.6. The number of Topliss-reactive ketones (excluding diaryl/α,β-unsaturated/α-hetero) is 2. The molecule has 568 valence electrons. The summed E-state index contributed by atoms with van der Waals surface area (Å²) >= 11 is 23.8. The number of ketones is 2. The van der Waals surface area contributed by atoms with Gasteiger partial charge in [0.15, 0.2) is 23.1 Å². The molecular weight excluding hydrogens is 1530 g/mol. The summed E-state index contributed by atoms with van der Waals surface area (Å²) in [6.07, 6.45) is 4.01. The first-order valence-electron chi connectivity index (χ1n) is 33.3. The molecule has 6 N–H and O–H groups in total. The number of phenols is 6. The average molecular weight is 1600 g/mol. The van der Waals surface area contributed by atoms with E-state index in [-0.39, 0.29) is 124 Å². The highest BCUT2D eigenvalue weighted by atomic mass is 35.5. The minimum atomic E-state index is -0.530. The lowest BCUT2D eigenvalue weighted by atomic mass is 9.89. The summed E-state index contributed by atoms with van der Waals surface area (Å²) < 4.78 is 47.5. The molecule has 0 amide bonds. The first-order valence-corrected chi connectivity index (χ1v) is 34.9. The molecule has 13 aromatic rings. The Bertz CT molecular complexity index is 6040. The van der Waals surface area contributed by atoms with Crippen molar-refractivity contribution in [3.63, 3.8) is 0 Å². The number of hydrogen-bond acceptors (Lipinski definition) is 24. The molecule has 0 saturated heterocycles. The predicted octanol–water partition coefficient (Wildman–Crippen LogP) is 17.3. The first kappa shape index (κ1) is 79.6. The predicted molar refractivity (Wildman–Crippen MR) is 415 cm³/mol. The van der Waals surface area contributed by atoms with Gasteiger partial charge in [-0.2, -0.15) is 0 Å². The van der Waals surface area contributed by atoms with Crippen molar-refractivity contribution in [2.24, 2.45) is 0 Å². The fourth-order valence-corrected chi connectivity index (χ4v) is 12.4. The molecule has 24 nitrogen and oxygen atoms in total. The zero-order valence-electron chi connectivity index (χ0n) is 59.2. The van der Waals surface area contributed by atoms with E-state index in [1.54, 1.807) is 91.9 Å². The van der Waals surface area contributed by atoms with E-state index in [1.165, 1.54) is 144 Å². The number of phenolic OH excluding ortho intramolecular Hbond substituents is 6. The van der Waals surface area contributed by atoms with Gasteiger partial charge in [0.05, 0.1) is 75.9 Å². The van der Waals surface area contributed by atoms with Crippen molar-refractivity contribution in [1.29, 1.82) is 0 Å². The molecule has 2 atom stereocenters. The lowest BCUT2D eigenvalue weighted by molar-refractivity contribution is -0.132. The molecule has 0 fully saturated rings. The van der Waals surface area contributed by atoms with Gasteiger partial charge in [-0.25, -0.2) is 0 Å². The molecule has 0 saturated carbocycles. The van der Waals surface area contributed by atoms with Gasteiger partial charge in [0.2, 0.25) is 16.3 Å². The maximum atomic E-state index is 12.8. The molecule has 0 radical (unpaired) electrons. The van der Waals surface area contributed by atoms with Crippen LogP contribution in [0.2, 0.25) is 20.1 Å². The van der Waals surface area contributed by atoms with Crippen LogP contribution < -0.4 is 44.7 Å². The van der Waals surface area contributed by atoms with E-state index >= 15 is 0 Å². The van der Waals surface area contributed by atoms with Crippen molar-refractivity contribution < 1.29 is 101 Å². The third-order valence-electron chi connectivity index (χ3n) is 16.9. The Hall–Kier alpha value is -13.4. The number of carbonyl (C=O) groups excluding carboxylic acids is 6. The van der Waals surface area contributed by atoms with Gasteiger partial charge in [-0.1, -0.05) is 107 Å². The Morgan fingerprint density at radius 1 is 0.366 bits per heavy atom. The summed E-state index contributed by atoms with van der Waals surface area (Å²) in [6, 6.07) is 46.2. The summed E-state index contributed by atoms with van der Waals surface area (Å²) in [5, 5.41) is 57.9. The van der Waals surface area contributed by atoms with Crippen molar-refractivity contribution in [3.8, 4) is 102 Å². The Labute approximate surface area is 653 Å². The molecule has 28 heteroatoms. The number of aryl methyl sites for hydroxylation is 1. The van der Waals surface area contributed by atoms with Crippen LogP contribution in [0, 0.1) is 6.92 Å². The Kier molecular flexibility index (Phi) is 24.5. The van der Waals surface area contributed by atoms with Crippen LogP contribution in [0.4, 0.5) is 0 Å². The molecular formula is C84H60Cl4O24. The lowest BCUT2D eigenvalue weighted by Crippen LogP contribution is -2.26. The zero-order valence-corrected chi connectivity index (χ0v) is 62.2. The monoisotopic (exact) mass is 1590 g/mol. The van der Waals surface area contributed by atoms with Crippen LogP contribution in [-0.4, -0.2) is 79.3 Å². The molecule has 5 heterocycles. The van der Waals surface area contributed by atoms with E-state index in [0.29, 0.717) is 89.4 Å². The van der Waals surface area contributed by atoms with E-state index < -0.39 is 35.7 Å². The van der Waals surface area contributed by atoms with E-state index in [0.717, 1.165) is 11.1 Å². The number of esters is 4. The van der Waals surface area contributed by atoms with Gasteiger partial charge >= 0.3 is 23.9 Å². The molecule has 3 aromatic heterocycles. The van der Waals surface area contributed by atoms with Crippen LogP contribution in [0.25, 0.3) is 66.3 Å². The number of aromatic hydroxyl groups is 6. The standard InChI is InChI=1S/C19H15ClO6.C19H13ClO6.C16H12O4.C15H11ClO4.C15H9ClO4/c2*1-10(21)25-13-5-3-12(4-6-13)15-9-24-17-8-18(26-11(2)22)16(20)7-14(17)19(15)23;1-9-6-12(18)7-14-15(9)16(19)13(8-20-14)10-2-4-11(17)5-3-10;2*16-12-5-10-14(6-13(12)18)20-7-11(15(10)19)8-1-3-9(17)4-2-8/h3-8,15H,9H2,1-2H3;3-9H,1-2H3;2-8,17-18H,1H3;1-6,11,17-18H,7H2;1-7,17-18H. The number of hydrogen-bond donors (Lipinski definition) is 6. The number of benzene rings is 10. The third-order valence-corrected chi connectivity index (χ3v) is 18.1. The van der Waals surface area contributed by atoms with E-state index in [4.69, 9.17) is 88.1 Å². The lowest BCUT2D eigenvalue weighted by Gasteiger charge is -2.25. The van der Waals surface area contributed by atoms with Crippen molar-refractivity contribution in [3.05, 3.63) is 279 Å². The SMILES string of the molecule is CC(=O)Oc1ccc(-c2coc3cc(OC(C)=O)c(Cl)cc3c2=O)cc1.CC(=O)Oc1ccc(C2COc3cc(OC(C)=O)c(Cl)cc3C2=O)cc1.Cc1cc(O)cc2occ(-c3ccc(O)cc3)c(=O)c12.O=C1c2cc(Cl)c(O)cc2OCC1c1ccc(O)cc1.O=c1c(-c2ccc(O)cc2)coc2cc(O)c(Cl)cc12. The van der Waals surface area contributed by atoms with E-state index in [2.05, 4.69) is 0 Å². The second-order valence-corrected chi connectivity index (χ2v) is 26.5. The van der Waals surface area contributed by atoms with Gasteiger partial charge in [0.1, 0.15) is 106 Å². The van der Waals surface area contributed by atoms with Gasteiger partial charge in [-0.15, -0.1) is 0 Å². The topological polar surface area (TPSA) is 370 Å². The fourth-order valence-electron chi connectivity index (χ4n) is 11.6. The van der Waals surface area contributed by atoms with Crippen molar-refractivity contribution in [2.45, 2.75) is 46.5 Å². The molecule has 2 aliphatic heterocycles. The molecule has 0 spiro atoms. The molecule has 15 rings (SSSR count). The van der Waals surface area contributed by atoms with Crippen LogP contribution >= 0.6 is 46.4 Å². The van der Waals surface area contributed by atoms with Gasteiger partial charge in [-0.3, -0.25) is 43.2 Å². The highest BCUT2D eigenvalue weighted by Gasteiger charge is 2.33. The Morgan fingerprint density at radius 2 is 0.723 bits per heavy atom. The molecule has 2 unspecified atom stereocenters. The number of rotatable bonds is 9. The zero-order chi connectivity index (χ0) is 80.5. The summed E-state index contributed by atoms with van der Waals surface area (Å²) in [4.78, 5) is 107. The normalized spacial score (nSPS) is 13.1. The van der Waals surface area contributed by atoms with E-state index in [1.807, 2.05) is 0 Å². The first-order chi connectivity index (χ1) is 53.4. The average Bonchev–Trinajstić information content (AvgIpc) is 0.804. The molecule has 0 bridgehead atoms. The maximum Gasteiger partial charge on any atom is 0.308 e. The van der Waals surface area contributed by atoms with Crippen LogP contribution in [0.15, 0.2) is 228 Å². The summed E-state index contributed by atoms with van der Waals surface area (Å²) in [6.45, 7) is 7.21. The largest absolute Gasteiger partial charge is 0.508 e. The maximum absolute atomic E-state index is 12.8. The Balaban J connectivity index is 0.000000139. The fraction of sp³-hybridized carbons (Fsp3) is 0.107. The molecule has 0 aliphatic carbocycles. The van der Waals surface area contributed by atoms with Crippen LogP contribution in [0.3, 0.4) is 0 Å². The molecule has 10 aromatic carbocycles. The minimum absolute atomic E-state index is 0.0653. The van der Waals surface area contributed by atoms with Crippen LogP contribution in [-0.2, 0) is 19.2 Å². The summed E-state index contributed by atoms with van der Waals surface area (Å²) in [7, 11) is 0. The van der Waals surface area contributed by atoms with Crippen molar-refractivity contribution in [1.82, 2.24) is 0 Å². The number of ether oxygens (including phenoxy) is 6. The molecule has 2 aliphatic rings. The van der Waals surface area contributed by atoms with Gasteiger partial charge in [0.25, 0.3) is 0 Å². The Morgan fingerprint density at radius 3 is 1.20 bits per heavy atom.